The van der Waals surface area contributed by atoms with E-state index < -0.39 is 0 Å². The Morgan fingerprint density at radius 2 is 2.00 bits per heavy atom. The Morgan fingerprint density at radius 1 is 1.42 bits per heavy atom. The quantitative estimate of drug-likeness (QED) is 0.780. The number of halogens is 2. The average molecular weight is 251 g/mol. The predicted molar refractivity (Wildman–Crippen MR) is 53.2 cm³/mol. The van der Waals surface area contributed by atoms with Gasteiger partial charge in [0.25, 0.3) is 0 Å². The van der Waals surface area contributed by atoms with Gasteiger partial charge in [0.1, 0.15) is 5.15 Å². The normalized spacial score (nSPS) is 10.8. The van der Waals surface area contributed by atoms with Crippen LogP contribution < -0.4 is 5.73 Å². The van der Waals surface area contributed by atoms with E-state index in [1.165, 1.54) is 0 Å². The Kier molecular flexibility index (Phi) is 2.90. The second-order valence-corrected chi connectivity index (χ2v) is 3.88. The molecule has 0 bridgehead atoms. The molecule has 0 unspecified atom stereocenters. The Labute approximate surface area is 84.5 Å². The minimum atomic E-state index is 0.215. The monoisotopic (exact) mass is 249 g/mol. The molecule has 0 saturated carbocycles. The van der Waals surface area contributed by atoms with Crippen molar-refractivity contribution in [3.8, 4) is 0 Å². The summed E-state index contributed by atoms with van der Waals surface area (Å²) in [6.07, 6.45) is 0. The fourth-order valence-electron chi connectivity index (χ4n) is 0.835. The van der Waals surface area contributed by atoms with Crippen molar-refractivity contribution in [2.75, 3.05) is 5.73 Å². The summed E-state index contributed by atoms with van der Waals surface area (Å²) in [5.41, 5.74) is 6.28. The number of anilines is 1. The second kappa shape index (κ2) is 3.58. The summed E-state index contributed by atoms with van der Waals surface area (Å²) in [5, 5.41) is 0.367. The molecule has 0 spiro atoms. The average Bonchev–Trinajstić information content (AvgIpc) is 1.96. The zero-order valence-electron chi connectivity index (χ0n) is 6.81. The third-order valence-electron chi connectivity index (χ3n) is 1.40. The van der Waals surface area contributed by atoms with E-state index in [4.69, 9.17) is 17.3 Å². The van der Waals surface area contributed by atoms with Crippen LogP contribution in [-0.2, 0) is 0 Å². The molecule has 12 heavy (non-hydrogen) atoms. The number of rotatable bonds is 1. The summed E-state index contributed by atoms with van der Waals surface area (Å²) in [4.78, 5) is 7.87. The lowest BCUT2D eigenvalue weighted by Crippen LogP contribution is -2.02. The van der Waals surface area contributed by atoms with E-state index in [1.54, 1.807) is 0 Å². The summed E-state index contributed by atoms with van der Waals surface area (Å²) in [6, 6.07) is 0. The molecule has 3 nitrogen and oxygen atoms in total. The van der Waals surface area contributed by atoms with Crippen LogP contribution in [0.1, 0.15) is 25.5 Å². The van der Waals surface area contributed by atoms with Crippen LogP contribution in [0.25, 0.3) is 0 Å². The Balaban J connectivity index is 3.28. The van der Waals surface area contributed by atoms with Crippen LogP contribution in [0.5, 0.6) is 0 Å². The maximum absolute atomic E-state index is 5.79. The Bertz CT molecular complexity index is 301. The number of nitrogens with zero attached hydrogens (tertiary/aromatic N) is 2. The Morgan fingerprint density at radius 3 is 2.50 bits per heavy atom. The Hall–Kier alpha value is -0.350. The molecule has 0 aromatic carbocycles. The van der Waals surface area contributed by atoms with E-state index >= 15 is 0 Å². The van der Waals surface area contributed by atoms with Crippen molar-refractivity contribution < 1.29 is 0 Å². The van der Waals surface area contributed by atoms with E-state index in [1.807, 2.05) is 13.8 Å². The van der Waals surface area contributed by atoms with E-state index in [0.29, 0.717) is 5.15 Å². The van der Waals surface area contributed by atoms with Crippen molar-refractivity contribution in [2.45, 2.75) is 19.8 Å². The molecule has 0 saturated heterocycles. The molecule has 0 amide bonds. The van der Waals surface area contributed by atoms with Gasteiger partial charge in [0, 0.05) is 0 Å². The molecule has 5 heteroatoms. The molecule has 2 N–H and O–H groups in total. The standard InChI is InChI=1S/C7H9BrClN3/c1-3(2)5-4(8)6(9)12-7(10)11-5/h3H,1-2H3,(H2,10,11,12). The van der Waals surface area contributed by atoms with E-state index in [0.717, 1.165) is 10.2 Å². The van der Waals surface area contributed by atoms with Gasteiger partial charge in [-0.25, -0.2) is 9.97 Å². The zero-order valence-corrected chi connectivity index (χ0v) is 9.15. The van der Waals surface area contributed by atoms with Gasteiger partial charge in [0.15, 0.2) is 0 Å². The highest BCUT2D eigenvalue weighted by Crippen LogP contribution is 2.28. The number of hydrogen-bond acceptors (Lipinski definition) is 3. The first kappa shape index (κ1) is 9.74. The van der Waals surface area contributed by atoms with E-state index in [2.05, 4.69) is 25.9 Å². The fourth-order valence-corrected chi connectivity index (χ4v) is 1.65. The van der Waals surface area contributed by atoms with Gasteiger partial charge >= 0.3 is 0 Å². The molecule has 66 valence electrons. The molecule has 0 atom stereocenters. The number of nitrogen functional groups attached to an aromatic ring is 1. The number of hydrogen-bond donors (Lipinski definition) is 1. The number of aromatic nitrogens is 2. The maximum atomic E-state index is 5.79. The van der Waals surface area contributed by atoms with Crippen molar-refractivity contribution in [3.63, 3.8) is 0 Å². The molecule has 0 fully saturated rings. The topological polar surface area (TPSA) is 51.8 Å². The van der Waals surface area contributed by atoms with Gasteiger partial charge in [-0.3, -0.25) is 0 Å². The highest BCUT2D eigenvalue weighted by atomic mass is 79.9. The molecule has 1 rings (SSSR count). The van der Waals surface area contributed by atoms with E-state index in [9.17, 15) is 0 Å². The highest BCUT2D eigenvalue weighted by Gasteiger charge is 2.11. The van der Waals surface area contributed by atoms with E-state index in [-0.39, 0.29) is 11.9 Å². The van der Waals surface area contributed by atoms with Gasteiger partial charge in [-0.1, -0.05) is 25.4 Å². The van der Waals surface area contributed by atoms with Gasteiger partial charge in [0.05, 0.1) is 10.2 Å². The van der Waals surface area contributed by atoms with Crippen molar-refractivity contribution in [3.05, 3.63) is 15.3 Å². The molecule has 0 aliphatic carbocycles. The van der Waals surface area contributed by atoms with Crippen LogP contribution in [0.2, 0.25) is 5.15 Å². The van der Waals surface area contributed by atoms with Crippen LogP contribution in [0, 0.1) is 0 Å². The highest BCUT2D eigenvalue weighted by molar-refractivity contribution is 9.10. The minimum Gasteiger partial charge on any atom is -0.368 e. The summed E-state index contributed by atoms with van der Waals surface area (Å²) in [5.74, 6) is 0.495. The van der Waals surface area contributed by atoms with Crippen LogP contribution in [0.3, 0.4) is 0 Å². The third-order valence-corrected chi connectivity index (χ3v) is 2.68. The molecular weight excluding hydrogens is 241 g/mol. The lowest BCUT2D eigenvalue weighted by atomic mass is 10.1. The first-order chi connectivity index (χ1) is 5.52. The summed E-state index contributed by atoms with van der Waals surface area (Å²) < 4.78 is 0.730. The lowest BCUT2D eigenvalue weighted by Gasteiger charge is -2.08. The SMILES string of the molecule is CC(C)c1nc(N)nc(Cl)c1Br. The summed E-state index contributed by atoms with van der Waals surface area (Å²) >= 11 is 9.09. The molecule has 0 aliphatic heterocycles. The third kappa shape index (κ3) is 1.87. The maximum Gasteiger partial charge on any atom is 0.221 e. The first-order valence-electron chi connectivity index (χ1n) is 3.50. The smallest absolute Gasteiger partial charge is 0.221 e. The molecule has 1 heterocycles. The van der Waals surface area contributed by atoms with Crippen molar-refractivity contribution in [1.29, 1.82) is 0 Å². The van der Waals surface area contributed by atoms with Gasteiger partial charge in [0.2, 0.25) is 5.95 Å². The summed E-state index contributed by atoms with van der Waals surface area (Å²) in [7, 11) is 0. The van der Waals surface area contributed by atoms with Crippen LogP contribution in [-0.4, -0.2) is 9.97 Å². The zero-order chi connectivity index (χ0) is 9.30. The van der Waals surface area contributed by atoms with Crippen LogP contribution in [0.15, 0.2) is 4.47 Å². The summed E-state index contributed by atoms with van der Waals surface area (Å²) in [6.45, 7) is 4.03. The van der Waals surface area contributed by atoms with Crippen LogP contribution in [0.4, 0.5) is 5.95 Å². The van der Waals surface area contributed by atoms with Gasteiger partial charge in [-0.05, 0) is 21.8 Å². The minimum absolute atomic E-state index is 0.215. The molecule has 1 aromatic rings. The fraction of sp³-hybridized carbons (Fsp3) is 0.429. The predicted octanol–water partition coefficient (Wildman–Crippen LogP) is 2.60. The molecule has 0 aliphatic rings. The molecule has 0 radical (unpaired) electrons. The number of nitrogens with two attached hydrogens (primary N) is 1. The van der Waals surface area contributed by atoms with Gasteiger partial charge in [-0.15, -0.1) is 0 Å². The lowest BCUT2D eigenvalue weighted by molar-refractivity contribution is 0.810. The van der Waals surface area contributed by atoms with Crippen molar-refractivity contribution >= 4 is 33.5 Å². The van der Waals surface area contributed by atoms with Gasteiger partial charge < -0.3 is 5.73 Å². The van der Waals surface area contributed by atoms with Gasteiger partial charge in [-0.2, -0.15) is 0 Å². The van der Waals surface area contributed by atoms with Crippen molar-refractivity contribution in [2.24, 2.45) is 0 Å². The molecular formula is C7H9BrClN3. The second-order valence-electron chi connectivity index (χ2n) is 2.73. The largest absolute Gasteiger partial charge is 0.368 e. The van der Waals surface area contributed by atoms with Crippen molar-refractivity contribution in [1.82, 2.24) is 9.97 Å². The molecule has 1 aromatic heterocycles. The first-order valence-corrected chi connectivity index (χ1v) is 4.68. The van der Waals surface area contributed by atoms with Crippen LogP contribution >= 0.6 is 27.5 Å².